The Hall–Kier alpha value is -3.24. The van der Waals surface area contributed by atoms with E-state index in [-0.39, 0.29) is 0 Å². The molecule has 0 atom stereocenters. The largest absolute Gasteiger partial charge is 0.354 e. The van der Waals surface area contributed by atoms with Crippen molar-refractivity contribution < 1.29 is 8.42 Å². The van der Waals surface area contributed by atoms with Gasteiger partial charge in [0, 0.05) is 44.0 Å². The molecule has 1 fully saturated rings. The van der Waals surface area contributed by atoms with Gasteiger partial charge in [-0.2, -0.15) is 9.40 Å². The van der Waals surface area contributed by atoms with Gasteiger partial charge in [0.1, 0.15) is 11.6 Å². The minimum absolute atomic E-state index is 0.430. The predicted molar refractivity (Wildman–Crippen MR) is 123 cm³/mol. The van der Waals surface area contributed by atoms with Gasteiger partial charge < -0.3 is 10.2 Å². The molecule has 1 aromatic carbocycles. The molecule has 9 nitrogen and oxygen atoms in total. The smallest absolute Gasteiger partial charge is 0.211 e. The Bertz CT molecular complexity index is 1170. The minimum atomic E-state index is -3.19. The first kappa shape index (κ1) is 21.0. The first-order valence-electron chi connectivity index (χ1n) is 9.98. The number of H-pyrrole nitrogens is 1. The standard InChI is InChI=1S/C21H25N7O2S/c1-16-14-20(26-25-16)23-19-15-21(27-10-12-28(13-11-27)31(2,29)30)24-18(22-19)9-8-17-6-4-3-5-7-17/h3-9,14-15H,10-13H2,1-2H3,(H2,22,23,24,25,26)/b9-8+. The van der Waals surface area contributed by atoms with Crippen molar-refractivity contribution in [2.24, 2.45) is 0 Å². The van der Waals surface area contributed by atoms with Gasteiger partial charge in [0.25, 0.3) is 0 Å². The van der Waals surface area contributed by atoms with Crippen molar-refractivity contribution in [1.82, 2.24) is 24.5 Å². The number of nitrogens with zero attached hydrogens (tertiary/aromatic N) is 5. The van der Waals surface area contributed by atoms with Crippen LogP contribution in [0.4, 0.5) is 17.5 Å². The fourth-order valence-corrected chi connectivity index (χ4v) is 4.18. The third-order valence-corrected chi connectivity index (χ3v) is 6.25. The van der Waals surface area contributed by atoms with E-state index in [0.29, 0.717) is 43.6 Å². The molecule has 2 aromatic heterocycles. The zero-order valence-electron chi connectivity index (χ0n) is 17.5. The molecule has 1 aliphatic rings. The number of aromatic nitrogens is 4. The van der Waals surface area contributed by atoms with Gasteiger partial charge in [-0.25, -0.2) is 18.4 Å². The van der Waals surface area contributed by atoms with Crippen molar-refractivity contribution in [3.63, 3.8) is 0 Å². The van der Waals surface area contributed by atoms with E-state index in [1.165, 1.54) is 10.6 Å². The van der Waals surface area contributed by atoms with Gasteiger partial charge in [-0.05, 0) is 18.6 Å². The predicted octanol–water partition coefficient (Wildman–Crippen LogP) is 2.50. The normalized spacial score (nSPS) is 15.5. The van der Waals surface area contributed by atoms with Crippen LogP contribution in [0.5, 0.6) is 0 Å². The summed E-state index contributed by atoms with van der Waals surface area (Å²) in [6.07, 6.45) is 5.07. The quantitative estimate of drug-likeness (QED) is 0.608. The van der Waals surface area contributed by atoms with Crippen molar-refractivity contribution >= 4 is 39.6 Å². The Kier molecular flexibility index (Phi) is 6.01. The second-order valence-corrected chi connectivity index (χ2v) is 9.41. The van der Waals surface area contributed by atoms with Crippen LogP contribution in [0.1, 0.15) is 17.1 Å². The van der Waals surface area contributed by atoms with Gasteiger partial charge in [0.05, 0.1) is 6.26 Å². The lowest BCUT2D eigenvalue weighted by Crippen LogP contribution is -2.48. The van der Waals surface area contributed by atoms with Gasteiger partial charge >= 0.3 is 0 Å². The topological polar surface area (TPSA) is 107 Å². The third-order valence-electron chi connectivity index (χ3n) is 4.95. The number of piperazine rings is 1. The second-order valence-electron chi connectivity index (χ2n) is 7.42. The number of rotatable bonds is 6. The number of hydrogen-bond acceptors (Lipinski definition) is 7. The molecule has 0 bridgehead atoms. The maximum atomic E-state index is 11.8. The van der Waals surface area contributed by atoms with E-state index in [4.69, 9.17) is 4.98 Å². The van der Waals surface area contributed by atoms with Crippen LogP contribution in [0.2, 0.25) is 0 Å². The number of aryl methyl sites for hydroxylation is 1. The Labute approximate surface area is 181 Å². The Balaban J connectivity index is 1.60. The molecule has 0 radical (unpaired) electrons. The summed E-state index contributed by atoms with van der Waals surface area (Å²) in [6, 6.07) is 13.7. The summed E-state index contributed by atoms with van der Waals surface area (Å²) >= 11 is 0. The highest BCUT2D eigenvalue weighted by Gasteiger charge is 2.24. The van der Waals surface area contributed by atoms with Crippen LogP contribution in [0, 0.1) is 6.92 Å². The third kappa shape index (κ3) is 5.47. The molecule has 4 rings (SSSR count). The van der Waals surface area contributed by atoms with Crippen molar-refractivity contribution in [2.45, 2.75) is 6.92 Å². The zero-order valence-corrected chi connectivity index (χ0v) is 18.3. The molecule has 1 saturated heterocycles. The molecule has 1 aliphatic heterocycles. The van der Waals surface area contributed by atoms with Crippen molar-refractivity contribution in [3.8, 4) is 0 Å². The van der Waals surface area contributed by atoms with Crippen LogP contribution in [0.25, 0.3) is 12.2 Å². The SMILES string of the molecule is Cc1cc(Nc2cc(N3CCN(S(C)(=O)=O)CC3)nc(/C=C/c3ccccc3)n2)n[nH]1. The van der Waals surface area contributed by atoms with E-state index < -0.39 is 10.0 Å². The number of sulfonamides is 1. The lowest BCUT2D eigenvalue weighted by molar-refractivity contribution is 0.387. The van der Waals surface area contributed by atoms with Gasteiger partial charge in [0.15, 0.2) is 11.6 Å². The average molecular weight is 440 g/mol. The summed E-state index contributed by atoms with van der Waals surface area (Å²) in [4.78, 5) is 11.4. The first-order chi connectivity index (χ1) is 14.9. The average Bonchev–Trinajstić information content (AvgIpc) is 3.17. The molecule has 2 N–H and O–H groups in total. The molecule has 162 valence electrons. The summed E-state index contributed by atoms with van der Waals surface area (Å²) in [5.41, 5.74) is 1.99. The Morgan fingerprint density at radius 1 is 1.00 bits per heavy atom. The lowest BCUT2D eigenvalue weighted by Gasteiger charge is -2.34. The minimum Gasteiger partial charge on any atom is -0.354 e. The highest BCUT2D eigenvalue weighted by Crippen LogP contribution is 2.22. The van der Waals surface area contributed by atoms with Crippen molar-refractivity contribution in [2.75, 3.05) is 42.7 Å². The van der Waals surface area contributed by atoms with Crippen LogP contribution in [0.3, 0.4) is 0 Å². The fourth-order valence-electron chi connectivity index (χ4n) is 3.35. The molecule has 3 aromatic rings. The maximum Gasteiger partial charge on any atom is 0.211 e. The number of benzene rings is 1. The Morgan fingerprint density at radius 3 is 2.39 bits per heavy atom. The Morgan fingerprint density at radius 2 is 1.74 bits per heavy atom. The molecule has 3 heterocycles. The van der Waals surface area contributed by atoms with Crippen LogP contribution in [-0.4, -0.2) is 65.3 Å². The zero-order chi connectivity index (χ0) is 21.8. The van der Waals surface area contributed by atoms with E-state index in [0.717, 1.165) is 17.1 Å². The molecular formula is C21H25N7O2S. The number of anilines is 3. The van der Waals surface area contributed by atoms with Gasteiger partial charge in [0.2, 0.25) is 10.0 Å². The van der Waals surface area contributed by atoms with Crippen LogP contribution >= 0.6 is 0 Å². The van der Waals surface area contributed by atoms with Crippen LogP contribution < -0.4 is 10.2 Å². The van der Waals surface area contributed by atoms with Gasteiger partial charge in [-0.1, -0.05) is 36.4 Å². The van der Waals surface area contributed by atoms with E-state index >= 15 is 0 Å². The molecule has 10 heteroatoms. The molecular weight excluding hydrogens is 414 g/mol. The van der Waals surface area contributed by atoms with Crippen LogP contribution in [-0.2, 0) is 10.0 Å². The number of nitrogens with one attached hydrogen (secondary N) is 2. The summed E-state index contributed by atoms with van der Waals surface area (Å²) in [5.74, 6) is 2.59. The summed E-state index contributed by atoms with van der Waals surface area (Å²) in [6.45, 7) is 3.91. The van der Waals surface area contributed by atoms with Gasteiger partial charge in [-0.3, -0.25) is 5.10 Å². The number of aromatic amines is 1. The molecule has 0 aliphatic carbocycles. The highest BCUT2D eigenvalue weighted by molar-refractivity contribution is 7.88. The van der Waals surface area contributed by atoms with Gasteiger partial charge in [-0.15, -0.1) is 0 Å². The molecule has 0 spiro atoms. The summed E-state index contributed by atoms with van der Waals surface area (Å²) in [7, 11) is -3.19. The monoisotopic (exact) mass is 439 g/mol. The molecule has 0 saturated carbocycles. The van der Waals surface area contributed by atoms with E-state index in [2.05, 4.69) is 25.4 Å². The molecule has 31 heavy (non-hydrogen) atoms. The second kappa shape index (κ2) is 8.86. The van der Waals surface area contributed by atoms with Crippen molar-refractivity contribution in [3.05, 3.63) is 59.5 Å². The summed E-state index contributed by atoms with van der Waals surface area (Å²) < 4.78 is 25.1. The lowest BCUT2D eigenvalue weighted by atomic mass is 10.2. The van der Waals surface area contributed by atoms with E-state index in [1.807, 2.05) is 61.5 Å². The fraction of sp³-hybridized carbons (Fsp3) is 0.286. The molecule has 0 unspecified atom stereocenters. The van der Waals surface area contributed by atoms with Crippen LogP contribution in [0.15, 0.2) is 42.5 Å². The highest BCUT2D eigenvalue weighted by atomic mass is 32.2. The number of hydrogen-bond donors (Lipinski definition) is 2. The molecule has 0 amide bonds. The van der Waals surface area contributed by atoms with E-state index in [1.54, 1.807) is 0 Å². The van der Waals surface area contributed by atoms with Crippen molar-refractivity contribution in [1.29, 1.82) is 0 Å². The van der Waals surface area contributed by atoms with E-state index in [9.17, 15) is 8.42 Å². The first-order valence-corrected chi connectivity index (χ1v) is 11.8. The maximum absolute atomic E-state index is 11.8. The summed E-state index contributed by atoms with van der Waals surface area (Å²) in [5, 5.41) is 10.3.